The minimum atomic E-state index is -0.671. The van der Waals surface area contributed by atoms with E-state index in [0.29, 0.717) is 27.7 Å². The number of carbonyl (C=O) groups is 2. The highest BCUT2D eigenvalue weighted by molar-refractivity contribution is 7.71. The Bertz CT molecular complexity index is 1080. The predicted octanol–water partition coefficient (Wildman–Crippen LogP) is 3.63. The molecule has 158 valence electrons. The van der Waals surface area contributed by atoms with Crippen molar-refractivity contribution >= 4 is 51.8 Å². The summed E-state index contributed by atoms with van der Waals surface area (Å²) in [5.74, 6) is 0.0981. The maximum Gasteiger partial charge on any atom is 0.262 e. The summed E-state index contributed by atoms with van der Waals surface area (Å²) >= 11 is 7.88. The number of hydrogen-bond acceptors (Lipinski definition) is 7. The van der Waals surface area contributed by atoms with Crippen molar-refractivity contribution in [3.05, 3.63) is 56.7 Å². The van der Waals surface area contributed by atoms with E-state index in [0.717, 1.165) is 11.5 Å². The smallest absolute Gasteiger partial charge is 0.262 e. The van der Waals surface area contributed by atoms with Gasteiger partial charge in [-0.05, 0) is 29.6 Å². The zero-order valence-electron chi connectivity index (χ0n) is 16.5. The molecule has 11 heteroatoms. The van der Waals surface area contributed by atoms with Gasteiger partial charge in [-0.15, -0.1) is 29.3 Å². The van der Waals surface area contributed by atoms with Gasteiger partial charge in [0.1, 0.15) is 11.9 Å². The molecule has 3 heterocycles. The Hall–Kier alpha value is -2.63. The maximum absolute atomic E-state index is 12.8. The van der Waals surface area contributed by atoms with Crippen molar-refractivity contribution in [3.8, 4) is 0 Å². The summed E-state index contributed by atoms with van der Waals surface area (Å²) in [6.45, 7) is 8.05. The lowest BCUT2D eigenvalue weighted by Gasteiger charge is -2.20. The molecule has 3 rings (SSSR count). The Balaban J connectivity index is 1.66. The van der Waals surface area contributed by atoms with Crippen LogP contribution < -0.4 is 10.6 Å². The van der Waals surface area contributed by atoms with Gasteiger partial charge in [0.25, 0.3) is 5.91 Å². The molecule has 1 atom stereocenters. The minimum absolute atomic E-state index is 0.0827. The van der Waals surface area contributed by atoms with Gasteiger partial charge in [-0.3, -0.25) is 19.3 Å². The van der Waals surface area contributed by atoms with Gasteiger partial charge in [0, 0.05) is 11.9 Å². The van der Waals surface area contributed by atoms with Crippen molar-refractivity contribution in [3.63, 3.8) is 0 Å². The van der Waals surface area contributed by atoms with Crippen molar-refractivity contribution in [1.29, 1.82) is 0 Å². The molecular formula is C19H22N6O2S3. The molecule has 0 aliphatic heterocycles. The van der Waals surface area contributed by atoms with E-state index >= 15 is 0 Å². The second-order valence-electron chi connectivity index (χ2n) is 6.83. The first-order valence-electron chi connectivity index (χ1n) is 9.23. The van der Waals surface area contributed by atoms with Crippen LogP contribution in [0, 0.1) is 10.7 Å². The van der Waals surface area contributed by atoms with Crippen LogP contribution in [0.3, 0.4) is 0 Å². The molecular weight excluding hydrogens is 440 g/mol. The van der Waals surface area contributed by atoms with E-state index in [2.05, 4.69) is 32.4 Å². The number of anilines is 1. The van der Waals surface area contributed by atoms with Crippen LogP contribution in [0.25, 0.3) is 0 Å². The Morgan fingerprint density at radius 3 is 2.87 bits per heavy atom. The summed E-state index contributed by atoms with van der Waals surface area (Å²) in [6.07, 6.45) is 2.22. The number of aromatic amines is 1. The molecule has 0 bridgehead atoms. The van der Waals surface area contributed by atoms with Crippen molar-refractivity contribution in [2.45, 2.75) is 32.9 Å². The highest BCUT2D eigenvalue weighted by Crippen LogP contribution is 2.19. The number of carbonyl (C=O) groups excluding carboxylic acids is 2. The predicted molar refractivity (Wildman–Crippen MR) is 122 cm³/mol. The first-order valence-corrected chi connectivity index (χ1v) is 11.4. The average molecular weight is 463 g/mol. The topological polar surface area (TPSA) is 105 Å². The maximum atomic E-state index is 12.8. The number of hydrogen-bond donors (Lipinski definition) is 3. The summed E-state index contributed by atoms with van der Waals surface area (Å²) in [5, 5.41) is 16.8. The molecule has 2 amide bonds. The zero-order valence-corrected chi connectivity index (χ0v) is 19.0. The second kappa shape index (κ2) is 9.92. The molecule has 0 saturated carbocycles. The highest BCUT2D eigenvalue weighted by Gasteiger charge is 2.26. The monoisotopic (exact) mass is 462 g/mol. The Morgan fingerprint density at radius 2 is 2.20 bits per heavy atom. The van der Waals surface area contributed by atoms with Gasteiger partial charge in [-0.1, -0.05) is 26.0 Å². The summed E-state index contributed by atoms with van der Waals surface area (Å²) < 4.78 is 2.37. The molecule has 0 aliphatic carbocycles. The van der Waals surface area contributed by atoms with Crippen LogP contribution in [-0.2, 0) is 17.8 Å². The highest BCUT2D eigenvalue weighted by atomic mass is 32.1. The van der Waals surface area contributed by atoms with Crippen LogP contribution in [0.2, 0.25) is 0 Å². The number of nitrogens with zero attached hydrogens (tertiary/aromatic N) is 3. The number of nitrogens with one attached hydrogen (secondary N) is 3. The summed E-state index contributed by atoms with van der Waals surface area (Å²) in [5.41, 5.74) is 0.762. The Kier molecular flexibility index (Phi) is 7.29. The number of amides is 2. The lowest BCUT2D eigenvalue weighted by Crippen LogP contribution is -2.46. The number of allylic oxidation sites excluding steroid dienone is 1. The fourth-order valence-corrected chi connectivity index (χ4v) is 4.31. The van der Waals surface area contributed by atoms with Crippen molar-refractivity contribution in [1.82, 2.24) is 25.1 Å². The van der Waals surface area contributed by atoms with Gasteiger partial charge < -0.3 is 10.6 Å². The van der Waals surface area contributed by atoms with Crippen LogP contribution >= 0.6 is 34.9 Å². The number of thiophene rings is 1. The molecule has 30 heavy (non-hydrogen) atoms. The SMILES string of the molecule is C=CCn1c(Cc2csc(NC(=O)[C@H](NC(=O)c3cccs3)C(C)C)n2)n[nH]c1=S. The van der Waals surface area contributed by atoms with Crippen molar-refractivity contribution in [2.75, 3.05) is 5.32 Å². The molecule has 0 fully saturated rings. The fourth-order valence-electron chi connectivity index (χ4n) is 2.75. The molecule has 0 saturated heterocycles. The third-order valence-electron chi connectivity index (χ3n) is 4.25. The number of thiazole rings is 1. The Morgan fingerprint density at radius 1 is 1.40 bits per heavy atom. The van der Waals surface area contributed by atoms with E-state index < -0.39 is 6.04 Å². The van der Waals surface area contributed by atoms with Gasteiger partial charge in [-0.25, -0.2) is 4.98 Å². The summed E-state index contributed by atoms with van der Waals surface area (Å²) in [4.78, 5) is 30.2. The number of aromatic nitrogens is 4. The van der Waals surface area contributed by atoms with E-state index in [1.807, 2.05) is 29.2 Å². The van der Waals surface area contributed by atoms with Gasteiger partial charge in [0.2, 0.25) is 5.91 Å². The molecule has 8 nitrogen and oxygen atoms in total. The molecule has 0 spiro atoms. The van der Waals surface area contributed by atoms with Gasteiger partial charge >= 0.3 is 0 Å². The fraction of sp³-hybridized carbons (Fsp3) is 0.316. The van der Waals surface area contributed by atoms with E-state index in [-0.39, 0.29) is 17.7 Å². The Labute approximate surface area is 187 Å². The van der Waals surface area contributed by atoms with Crippen LogP contribution in [0.1, 0.15) is 35.0 Å². The quantitative estimate of drug-likeness (QED) is 0.333. The molecule has 0 unspecified atom stereocenters. The first-order chi connectivity index (χ1) is 14.4. The van der Waals surface area contributed by atoms with E-state index in [4.69, 9.17) is 12.2 Å². The number of rotatable bonds is 9. The van der Waals surface area contributed by atoms with Gasteiger partial charge in [-0.2, -0.15) is 5.10 Å². The van der Waals surface area contributed by atoms with Crippen molar-refractivity contribution in [2.24, 2.45) is 5.92 Å². The minimum Gasteiger partial charge on any atom is -0.339 e. The molecule has 0 radical (unpaired) electrons. The third-order valence-corrected chi connectivity index (χ3v) is 6.24. The van der Waals surface area contributed by atoms with Gasteiger partial charge in [0.05, 0.1) is 17.0 Å². The van der Waals surface area contributed by atoms with Crippen LogP contribution in [0.15, 0.2) is 35.5 Å². The second-order valence-corrected chi connectivity index (χ2v) is 9.02. The lowest BCUT2D eigenvalue weighted by atomic mass is 10.0. The third kappa shape index (κ3) is 5.29. The number of H-pyrrole nitrogens is 1. The van der Waals surface area contributed by atoms with Crippen LogP contribution in [0.5, 0.6) is 0 Å². The largest absolute Gasteiger partial charge is 0.339 e. The van der Waals surface area contributed by atoms with Crippen molar-refractivity contribution < 1.29 is 9.59 Å². The molecule has 0 aliphatic rings. The molecule has 0 aromatic carbocycles. The van der Waals surface area contributed by atoms with Crippen LogP contribution in [0.4, 0.5) is 5.13 Å². The lowest BCUT2D eigenvalue weighted by molar-refractivity contribution is -0.118. The zero-order chi connectivity index (χ0) is 21.7. The molecule has 3 aromatic heterocycles. The summed E-state index contributed by atoms with van der Waals surface area (Å²) in [7, 11) is 0. The van der Waals surface area contributed by atoms with Crippen LogP contribution in [-0.4, -0.2) is 37.6 Å². The summed E-state index contributed by atoms with van der Waals surface area (Å²) in [6, 6.07) is 2.86. The first kappa shape index (κ1) is 22.1. The van der Waals surface area contributed by atoms with E-state index in [1.54, 1.807) is 18.2 Å². The standard InChI is InChI=1S/C19H22N6O2S3/c1-4-7-25-14(23-24-19(25)28)9-12-10-30-18(20-12)22-17(27)15(11(2)3)21-16(26)13-6-5-8-29-13/h4-6,8,10-11,15H,1,7,9H2,2-3H3,(H,21,26)(H,24,28)(H,20,22,27)/t15-/m1/s1. The molecule has 3 N–H and O–H groups in total. The average Bonchev–Trinajstić information content (AvgIpc) is 3.44. The van der Waals surface area contributed by atoms with E-state index in [1.165, 1.54) is 22.7 Å². The molecule has 3 aromatic rings. The normalized spacial score (nSPS) is 12.0. The van der Waals surface area contributed by atoms with Gasteiger partial charge in [0.15, 0.2) is 9.90 Å². The van der Waals surface area contributed by atoms with E-state index in [9.17, 15) is 9.59 Å².